The van der Waals surface area contributed by atoms with Crippen molar-refractivity contribution in [3.63, 3.8) is 0 Å². The van der Waals surface area contributed by atoms with Gasteiger partial charge in [0, 0.05) is 11.1 Å². The Hall–Kier alpha value is -2.90. The molecule has 0 fully saturated rings. The van der Waals surface area contributed by atoms with E-state index in [1.165, 1.54) is 49.0 Å². The van der Waals surface area contributed by atoms with Crippen LogP contribution in [0.3, 0.4) is 0 Å². The molecule has 1 aromatic carbocycles. The van der Waals surface area contributed by atoms with Crippen LogP contribution in [0.15, 0.2) is 63.9 Å². The van der Waals surface area contributed by atoms with Crippen LogP contribution in [-0.2, 0) is 10.3 Å². The molecule has 2 aromatic heterocycles. The van der Waals surface area contributed by atoms with Crippen molar-refractivity contribution in [3.05, 3.63) is 81.9 Å². The fourth-order valence-electron chi connectivity index (χ4n) is 2.53. The Kier molecular flexibility index (Phi) is 5.20. The van der Waals surface area contributed by atoms with Crippen molar-refractivity contribution in [3.8, 4) is 0 Å². The predicted octanol–water partition coefficient (Wildman–Crippen LogP) is 2.79. The third-order valence-electron chi connectivity index (χ3n) is 4.00. The first-order valence-corrected chi connectivity index (χ1v) is 8.74. The molecule has 0 radical (unpaired) electrons. The molecule has 0 spiro atoms. The number of ether oxygens (including phenoxy) is 1. The van der Waals surface area contributed by atoms with Crippen molar-refractivity contribution < 1.29 is 23.8 Å². The van der Waals surface area contributed by atoms with Gasteiger partial charge in [-0.2, -0.15) is 11.3 Å². The van der Waals surface area contributed by atoms with Crippen molar-refractivity contribution in [2.24, 2.45) is 0 Å². The number of aliphatic hydroxyl groups is 1. The number of thiophene rings is 1. The van der Waals surface area contributed by atoms with Gasteiger partial charge in [-0.25, -0.2) is 4.79 Å². The standard InChI is InChI=1S/C19H17NO5S/c1-24-18(22)14-6-4-13(5-7-14)17(21)20-12-19(23,15-8-10-26-11-15)16-3-2-9-25-16/h2-11,23H,12H2,1H3,(H,20,21)/t19-/m0/s1. The number of benzene rings is 1. The molecule has 0 saturated heterocycles. The topological polar surface area (TPSA) is 88.8 Å². The molecule has 2 heterocycles. The third kappa shape index (κ3) is 3.54. The molecule has 1 amide bonds. The lowest BCUT2D eigenvalue weighted by Crippen LogP contribution is -2.41. The highest BCUT2D eigenvalue weighted by atomic mass is 32.1. The summed E-state index contributed by atoms with van der Waals surface area (Å²) in [4.78, 5) is 23.9. The molecule has 0 unspecified atom stereocenters. The lowest BCUT2D eigenvalue weighted by Gasteiger charge is -2.25. The molecule has 2 N–H and O–H groups in total. The normalized spacial score (nSPS) is 13.0. The maximum Gasteiger partial charge on any atom is 0.337 e. The monoisotopic (exact) mass is 371 g/mol. The number of methoxy groups -OCH3 is 1. The molecular formula is C19H17NO5S. The number of esters is 1. The van der Waals surface area contributed by atoms with Gasteiger partial charge in [-0.1, -0.05) is 0 Å². The summed E-state index contributed by atoms with van der Waals surface area (Å²) >= 11 is 1.44. The molecule has 3 rings (SSSR count). The van der Waals surface area contributed by atoms with Gasteiger partial charge in [-0.15, -0.1) is 0 Å². The van der Waals surface area contributed by atoms with Crippen LogP contribution in [0.1, 0.15) is 32.0 Å². The van der Waals surface area contributed by atoms with Gasteiger partial charge in [-0.05, 0) is 53.2 Å². The maximum atomic E-state index is 12.4. The van der Waals surface area contributed by atoms with Crippen LogP contribution >= 0.6 is 11.3 Å². The van der Waals surface area contributed by atoms with E-state index in [9.17, 15) is 14.7 Å². The molecule has 7 heteroatoms. The molecule has 0 aliphatic heterocycles. The summed E-state index contributed by atoms with van der Waals surface area (Å²) in [5.74, 6) is -0.500. The minimum atomic E-state index is -1.47. The zero-order chi connectivity index (χ0) is 18.6. The zero-order valence-electron chi connectivity index (χ0n) is 14.0. The summed E-state index contributed by atoms with van der Waals surface area (Å²) in [6, 6.07) is 11.2. The Labute approximate surface area is 154 Å². The van der Waals surface area contributed by atoms with E-state index in [0.29, 0.717) is 22.5 Å². The van der Waals surface area contributed by atoms with E-state index < -0.39 is 11.6 Å². The average Bonchev–Trinajstić information content (AvgIpc) is 3.39. The van der Waals surface area contributed by atoms with Crippen molar-refractivity contribution in [2.75, 3.05) is 13.7 Å². The summed E-state index contributed by atoms with van der Waals surface area (Å²) in [7, 11) is 1.29. The Morgan fingerprint density at radius 2 is 1.92 bits per heavy atom. The Balaban J connectivity index is 1.75. The first-order chi connectivity index (χ1) is 12.5. The van der Waals surface area contributed by atoms with E-state index in [1.807, 2.05) is 5.38 Å². The molecular weight excluding hydrogens is 354 g/mol. The van der Waals surface area contributed by atoms with Crippen molar-refractivity contribution in [2.45, 2.75) is 5.60 Å². The number of furan rings is 1. The number of nitrogens with one attached hydrogen (secondary N) is 1. The number of amides is 1. The van der Waals surface area contributed by atoms with Gasteiger partial charge in [-0.3, -0.25) is 4.79 Å². The molecule has 1 atom stereocenters. The number of hydrogen-bond acceptors (Lipinski definition) is 6. The average molecular weight is 371 g/mol. The van der Waals surface area contributed by atoms with Crippen LogP contribution in [0.25, 0.3) is 0 Å². The SMILES string of the molecule is COC(=O)c1ccc(C(=O)NC[C@](O)(c2ccsc2)c2ccco2)cc1. The fourth-order valence-corrected chi connectivity index (χ4v) is 3.25. The number of hydrogen-bond donors (Lipinski definition) is 2. The van der Waals surface area contributed by atoms with Crippen LogP contribution in [0.4, 0.5) is 0 Å². The minimum Gasteiger partial charge on any atom is -0.466 e. The Morgan fingerprint density at radius 3 is 2.50 bits per heavy atom. The minimum absolute atomic E-state index is 0.0607. The first-order valence-electron chi connectivity index (χ1n) is 7.80. The van der Waals surface area contributed by atoms with E-state index in [-0.39, 0.29) is 12.5 Å². The zero-order valence-corrected chi connectivity index (χ0v) is 14.8. The Morgan fingerprint density at radius 1 is 1.19 bits per heavy atom. The lowest BCUT2D eigenvalue weighted by molar-refractivity contribution is 0.0528. The summed E-state index contributed by atoms with van der Waals surface area (Å²) in [5.41, 5.74) is -0.108. The van der Waals surface area contributed by atoms with Crippen molar-refractivity contribution >= 4 is 23.2 Å². The fraction of sp³-hybridized carbons (Fsp3) is 0.158. The molecule has 0 saturated carbocycles. The van der Waals surface area contributed by atoms with Gasteiger partial charge in [0.25, 0.3) is 5.91 Å². The van der Waals surface area contributed by atoms with Crippen LogP contribution in [0, 0.1) is 0 Å². The summed E-state index contributed by atoms with van der Waals surface area (Å²) in [6.07, 6.45) is 1.47. The van der Waals surface area contributed by atoms with E-state index in [4.69, 9.17) is 4.42 Å². The quantitative estimate of drug-likeness (QED) is 0.651. The van der Waals surface area contributed by atoms with Crippen LogP contribution in [0.5, 0.6) is 0 Å². The third-order valence-corrected chi connectivity index (χ3v) is 4.68. The van der Waals surface area contributed by atoms with Crippen molar-refractivity contribution in [1.29, 1.82) is 0 Å². The highest BCUT2D eigenvalue weighted by Gasteiger charge is 2.35. The van der Waals surface area contributed by atoms with E-state index >= 15 is 0 Å². The van der Waals surface area contributed by atoms with Crippen LogP contribution < -0.4 is 5.32 Å². The molecule has 134 valence electrons. The van der Waals surface area contributed by atoms with Gasteiger partial charge in [0.05, 0.1) is 25.5 Å². The second kappa shape index (κ2) is 7.55. The van der Waals surface area contributed by atoms with Crippen LogP contribution in [-0.4, -0.2) is 30.6 Å². The second-order valence-electron chi connectivity index (χ2n) is 5.60. The maximum absolute atomic E-state index is 12.4. The van der Waals surface area contributed by atoms with E-state index in [1.54, 1.807) is 23.6 Å². The van der Waals surface area contributed by atoms with Gasteiger partial charge < -0.3 is 19.6 Å². The Bertz CT molecular complexity index is 835. The lowest BCUT2D eigenvalue weighted by atomic mass is 9.93. The summed E-state index contributed by atoms with van der Waals surface area (Å²) < 4.78 is 10.00. The van der Waals surface area contributed by atoms with Crippen LogP contribution in [0.2, 0.25) is 0 Å². The van der Waals surface area contributed by atoms with Gasteiger partial charge in [0.15, 0.2) is 5.60 Å². The molecule has 0 aliphatic rings. The summed E-state index contributed by atoms with van der Waals surface area (Å²) in [5, 5.41) is 17.5. The summed E-state index contributed by atoms with van der Waals surface area (Å²) in [6.45, 7) is -0.0607. The van der Waals surface area contributed by atoms with Gasteiger partial charge in [0.2, 0.25) is 0 Å². The smallest absolute Gasteiger partial charge is 0.337 e. The molecule has 0 bridgehead atoms. The van der Waals surface area contributed by atoms with Gasteiger partial charge in [0.1, 0.15) is 5.76 Å². The number of carbonyl (C=O) groups is 2. The molecule has 0 aliphatic carbocycles. The molecule has 6 nitrogen and oxygen atoms in total. The second-order valence-corrected chi connectivity index (χ2v) is 6.38. The van der Waals surface area contributed by atoms with E-state index in [0.717, 1.165) is 0 Å². The predicted molar refractivity (Wildman–Crippen MR) is 96.1 cm³/mol. The molecule has 26 heavy (non-hydrogen) atoms. The highest BCUT2D eigenvalue weighted by molar-refractivity contribution is 7.08. The first kappa shape index (κ1) is 17.9. The van der Waals surface area contributed by atoms with Crippen molar-refractivity contribution in [1.82, 2.24) is 5.32 Å². The van der Waals surface area contributed by atoms with E-state index in [2.05, 4.69) is 10.1 Å². The number of carbonyl (C=O) groups excluding carboxylic acids is 2. The largest absolute Gasteiger partial charge is 0.466 e. The molecule has 3 aromatic rings. The highest BCUT2D eigenvalue weighted by Crippen LogP contribution is 2.31. The number of rotatable bonds is 6. The van der Waals surface area contributed by atoms with Gasteiger partial charge >= 0.3 is 5.97 Å².